The van der Waals surface area contributed by atoms with Crippen LogP contribution in [0.25, 0.3) is 0 Å². The highest BCUT2D eigenvalue weighted by atomic mass is 16.5. The van der Waals surface area contributed by atoms with Gasteiger partial charge in [0.1, 0.15) is 6.29 Å². The van der Waals surface area contributed by atoms with Crippen molar-refractivity contribution < 1.29 is 4.74 Å². The lowest BCUT2D eigenvalue weighted by Gasteiger charge is -2.29. The van der Waals surface area contributed by atoms with Crippen LogP contribution in [0.15, 0.2) is 0 Å². The second-order valence-corrected chi connectivity index (χ2v) is 2.14. The lowest BCUT2D eigenvalue weighted by molar-refractivity contribution is 0.0191. The summed E-state index contributed by atoms with van der Waals surface area (Å²) in [7, 11) is 0. The molecule has 9 heavy (non-hydrogen) atoms. The van der Waals surface area contributed by atoms with Crippen LogP contribution in [0.5, 0.6) is 0 Å². The maximum absolute atomic E-state index is 5.42. The molecule has 0 aliphatic carbocycles. The molecule has 4 nitrogen and oxygen atoms in total. The van der Waals surface area contributed by atoms with Gasteiger partial charge in [0.05, 0.1) is 13.2 Å². The molecule has 1 saturated heterocycles. The molecule has 54 valence electrons. The fourth-order valence-corrected chi connectivity index (χ4v) is 0.876. The topological polar surface area (TPSA) is 64.5 Å². The fraction of sp³-hybridized carbons (Fsp3) is 1.00. The number of nitrogens with two attached hydrogens (primary N) is 2. The molecule has 1 aliphatic heterocycles. The van der Waals surface area contributed by atoms with Gasteiger partial charge in [-0.1, -0.05) is 0 Å². The normalized spacial score (nSPS) is 23.0. The van der Waals surface area contributed by atoms with Crippen LogP contribution in [-0.4, -0.2) is 37.5 Å². The van der Waals surface area contributed by atoms with Gasteiger partial charge in [-0.15, -0.1) is 0 Å². The third-order valence-electron chi connectivity index (χ3n) is 1.47. The molecule has 1 fully saturated rings. The minimum absolute atomic E-state index is 0.311. The van der Waals surface area contributed by atoms with E-state index in [0.29, 0.717) is 0 Å². The van der Waals surface area contributed by atoms with E-state index in [1.54, 1.807) is 0 Å². The molecular formula is C5H13N3O. The predicted molar refractivity (Wildman–Crippen MR) is 34.6 cm³/mol. The molecule has 1 heterocycles. The van der Waals surface area contributed by atoms with Gasteiger partial charge in [-0.25, -0.2) is 0 Å². The predicted octanol–water partition coefficient (Wildman–Crippen LogP) is -1.48. The Morgan fingerprint density at radius 3 is 2.11 bits per heavy atom. The van der Waals surface area contributed by atoms with Crippen molar-refractivity contribution in [2.24, 2.45) is 11.5 Å². The van der Waals surface area contributed by atoms with Crippen LogP contribution < -0.4 is 11.5 Å². The van der Waals surface area contributed by atoms with Gasteiger partial charge in [0.2, 0.25) is 0 Å². The molecule has 0 aromatic heterocycles. The first kappa shape index (κ1) is 6.95. The number of hydrogen-bond acceptors (Lipinski definition) is 4. The summed E-state index contributed by atoms with van der Waals surface area (Å²) < 4.78 is 5.10. The molecule has 4 heteroatoms. The molecule has 4 N–H and O–H groups in total. The highest BCUT2D eigenvalue weighted by Crippen LogP contribution is 1.94. The van der Waals surface area contributed by atoms with Gasteiger partial charge in [-0.3, -0.25) is 4.90 Å². The zero-order chi connectivity index (χ0) is 6.69. The third kappa shape index (κ3) is 1.91. The first-order valence-corrected chi connectivity index (χ1v) is 3.13. The Bertz CT molecular complexity index is 80.3. The van der Waals surface area contributed by atoms with E-state index >= 15 is 0 Å². The van der Waals surface area contributed by atoms with Crippen LogP contribution in [0.3, 0.4) is 0 Å². The average molecular weight is 131 g/mol. The molecule has 0 bridgehead atoms. The van der Waals surface area contributed by atoms with Crippen LogP contribution >= 0.6 is 0 Å². The molecule has 0 saturated carbocycles. The van der Waals surface area contributed by atoms with Gasteiger partial charge in [-0.2, -0.15) is 0 Å². The molecule has 0 spiro atoms. The van der Waals surface area contributed by atoms with E-state index in [4.69, 9.17) is 16.2 Å². The Hall–Kier alpha value is -0.160. The highest BCUT2D eigenvalue weighted by molar-refractivity contribution is 4.63. The first-order valence-electron chi connectivity index (χ1n) is 3.13. The summed E-state index contributed by atoms with van der Waals surface area (Å²) in [5.41, 5.74) is 10.8. The van der Waals surface area contributed by atoms with Crippen molar-refractivity contribution in [2.75, 3.05) is 26.3 Å². The molecule has 0 aromatic carbocycles. The minimum Gasteiger partial charge on any atom is -0.379 e. The Kier molecular flexibility index (Phi) is 2.41. The standard InChI is InChI=1S/C5H13N3O/c6-5(7)8-1-3-9-4-2-8/h5H,1-4,6-7H2. The molecule has 1 aliphatic rings. The van der Waals surface area contributed by atoms with Crippen LogP contribution in [0.4, 0.5) is 0 Å². The summed E-state index contributed by atoms with van der Waals surface area (Å²) in [6.07, 6.45) is -0.311. The van der Waals surface area contributed by atoms with Gasteiger partial charge in [0, 0.05) is 13.1 Å². The number of nitrogens with zero attached hydrogens (tertiary/aromatic N) is 1. The molecule has 0 atom stereocenters. The van der Waals surface area contributed by atoms with Gasteiger partial charge < -0.3 is 16.2 Å². The zero-order valence-corrected chi connectivity index (χ0v) is 5.42. The van der Waals surface area contributed by atoms with E-state index in [1.807, 2.05) is 4.90 Å². The second-order valence-electron chi connectivity index (χ2n) is 2.14. The van der Waals surface area contributed by atoms with Crippen LogP contribution in [0.1, 0.15) is 0 Å². The number of hydrogen-bond donors (Lipinski definition) is 2. The van der Waals surface area contributed by atoms with Crippen molar-refractivity contribution in [3.8, 4) is 0 Å². The smallest absolute Gasteiger partial charge is 0.109 e. The number of rotatable bonds is 1. The lowest BCUT2D eigenvalue weighted by Crippen LogP contribution is -2.53. The molecule has 0 aromatic rings. The van der Waals surface area contributed by atoms with Crippen molar-refractivity contribution >= 4 is 0 Å². The van der Waals surface area contributed by atoms with Crippen molar-refractivity contribution in [3.63, 3.8) is 0 Å². The molecular weight excluding hydrogens is 118 g/mol. The Morgan fingerprint density at radius 1 is 1.22 bits per heavy atom. The zero-order valence-electron chi connectivity index (χ0n) is 5.42. The molecule has 1 rings (SSSR count). The van der Waals surface area contributed by atoms with E-state index in [2.05, 4.69) is 0 Å². The molecule has 0 amide bonds. The maximum atomic E-state index is 5.42. The van der Waals surface area contributed by atoms with E-state index in [9.17, 15) is 0 Å². The van der Waals surface area contributed by atoms with Crippen molar-refractivity contribution in [3.05, 3.63) is 0 Å². The Morgan fingerprint density at radius 2 is 1.78 bits per heavy atom. The first-order chi connectivity index (χ1) is 4.30. The second kappa shape index (κ2) is 3.12. The minimum atomic E-state index is -0.311. The van der Waals surface area contributed by atoms with Crippen LogP contribution in [0, 0.1) is 0 Å². The summed E-state index contributed by atoms with van der Waals surface area (Å²) >= 11 is 0. The maximum Gasteiger partial charge on any atom is 0.109 e. The largest absolute Gasteiger partial charge is 0.379 e. The van der Waals surface area contributed by atoms with E-state index in [1.165, 1.54) is 0 Å². The monoisotopic (exact) mass is 131 g/mol. The number of morpholine rings is 1. The van der Waals surface area contributed by atoms with E-state index in [-0.39, 0.29) is 6.29 Å². The van der Waals surface area contributed by atoms with Gasteiger partial charge in [0.15, 0.2) is 0 Å². The lowest BCUT2D eigenvalue weighted by atomic mass is 10.4. The summed E-state index contributed by atoms with van der Waals surface area (Å²) in [6.45, 7) is 3.23. The summed E-state index contributed by atoms with van der Waals surface area (Å²) in [4.78, 5) is 1.99. The third-order valence-corrected chi connectivity index (χ3v) is 1.47. The van der Waals surface area contributed by atoms with Gasteiger partial charge >= 0.3 is 0 Å². The van der Waals surface area contributed by atoms with E-state index < -0.39 is 0 Å². The van der Waals surface area contributed by atoms with Crippen molar-refractivity contribution in [2.45, 2.75) is 6.29 Å². The summed E-state index contributed by atoms with van der Waals surface area (Å²) in [5.74, 6) is 0. The average Bonchev–Trinajstić information content (AvgIpc) is 1.90. The van der Waals surface area contributed by atoms with E-state index in [0.717, 1.165) is 26.3 Å². The molecule has 0 radical (unpaired) electrons. The SMILES string of the molecule is NC(N)N1CCOCC1. The Balaban J connectivity index is 2.23. The quantitative estimate of drug-likeness (QED) is 0.426. The van der Waals surface area contributed by atoms with Crippen molar-refractivity contribution in [1.82, 2.24) is 4.90 Å². The van der Waals surface area contributed by atoms with Gasteiger partial charge in [-0.05, 0) is 0 Å². The summed E-state index contributed by atoms with van der Waals surface area (Å²) in [5, 5.41) is 0. The van der Waals surface area contributed by atoms with Gasteiger partial charge in [0.25, 0.3) is 0 Å². The van der Waals surface area contributed by atoms with Crippen LogP contribution in [-0.2, 0) is 4.74 Å². The Labute approximate surface area is 54.7 Å². The highest BCUT2D eigenvalue weighted by Gasteiger charge is 2.12. The van der Waals surface area contributed by atoms with Crippen LogP contribution in [0.2, 0.25) is 0 Å². The number of ether oxygens (including phenoxy) is 1. The fourth-order valence-electron chi connectivity index (χ4n) is 0.876. The summed E-state index contributed by atoms with van der Waals surface area (Å²) in [6, 6.07) is 0. The van der Waals surface area contributed by atoms with Crippen molar-refractivity contribution in [1.29, 1.82) is 0 Å². The molecule has 0 unspecified atom stereocenters.